The number of aromatic nitrogens is 1. The fourth-order valence-electron chi connectivity index (χ4n) is 2.73. The number of pyridine rings is 1. The van der Waals surface area contributed by atoms with Gasteiger partial charge in [0.15, 0.2) is 5.43 Å². The van der Waals surface area contributed by atoms with Crippen molar-refractivity contribution >= 4 is 10.9 Å². The molecule has 1 aromatic heterocycles. The zero-order chi connectivity index (χ0) is 14.1. The Bertz CT molecular complexity index is 683. The lowest BCUT2D eigenvalue weighted by Crippen LogP contribution is -2.23. The van der Waals surface area contributed by atoms with Crippen LogP contribution in [0, 0.1) is 5.82 Å². The van der Waals surface area contributed by atoms with Gasteiger partial charge in [-0.3, -0.25) is 9.69 Å². The minimum Gasteiger partial charge on any atom is -0.380 e. The number of rotatable bonds is 3. The van der Waals surface area contributed by atoms with Crippen LogP contribution in [-0.2, 0) is 11.3 Å². The van der Waals surface area contributed by atoms with Crippen molar-refractivity contribution in [3.63, 3.8) is 0 Å². The normalized spacial score (nSPS) is 19.8. The third kappa shape index (κ3) is 2.59. The van der Waals surface area contributed by atoms with Crippen LogP contribution in [0.2, 0.25) is 0 Å². The second-order valence-corrected chi connectivity index (χ2v) is 5.23. The second-order valence-electron chi connectivity index (χ2n) is 5.23. The maximum atomic E-state index is 13.2. The molecule has 3 rings (SSSR count). The molecule has 4 nitrogen and oxygen atoms in total. The van der Waals surface area contributed by atoms with Crippen LogP contribution in [-0.4, -0.2) is 36.2 Å². The number of ether oxygens (including phenoxy) is 1. The molecule has 0 unspecified atom stereocenters. The molecular weight excluding hydrogens is 259 g/mol. The highest BCUT2D eigenvalue weighted by Crippen LogP contribution is 2.16. The topological polar surface area (TPSA) is 45.3 Å². The number of fused-ring (bicyclic) bond motifs is 1. The Morgan fingerprint density at radius 1 is 1.45 bits per heavy atom. The molecule has 2 heterocycles. The van der Waals surface area contributed by atoms with Gasteiger partial charge in [-0.1, -0.05) is 0 Å². The molecule has 20 heavy (non-hydrogen) atoms. The van der Waals surface area contributed by atoms with E-state index >= 15 is 0 Å². The van der Waals surface area contributed by atoms with Gasteiger partial charge in [0, 0.05) is 49.4 Å². The molecule has 0 saturated carbocycles. The van der Waals surface area contributed by atoms with Gasteiger partial charge in [-0.2, -0.15) is 0 Å². The number of halogens is 1. The number of hydrogen-bond acceptors (Lipinski definition) is 3. The van der Waals surface area contributed by atoms with Crippen molar-refractivity contribution < 1.29 is 9.13 Å². The molecule has 0 bridgehead atoms. The summed E-state index contributed by atoms with van der Waals surface area (Å²) in [6.07, 6.45) is 1.29. The number of methoxy groups -OCH3 is 1. The molecule has 0 amide bonds. The summed E-state index contributed by atoms with van der Waals surface area (Å²) in [7, 11) is 1.72. The number of aromatic amines is 1. The molecular formula is C15H17FN2O2. The largest absolute Gasteiger partial charge is 0.380 e. The number of benzene rings is 1. The number of likely N-dealkylation sites (tertiary alicyclic amines) is 1. The predicted octanol–water partition coefficient (Wildman–Crippen LogP) is 1.89. The van der Waals surface area contributed by atoms with Crippen molar-refractivity contribution in [2.75, 3.05) is 20.2 Å². The van der Waals surface area contributed by atoms with E-state index in [1.54, 1.807) is 19.2 Å². The van der Waals surface area contributed by atoms with Crippen LogP contribution in [0.3, 0.4) is 0 Å². The Morgan fingerprint density at radius 3 is 3.05 bits per heavy atom. The van der Waals surface area contributed by atoms with Gasteiger partial charge in [0.2, 0.25) is 0 Å². The molecule has 0 spiro atoms. The maximum absolute atomic E-state index is 13.2. The van der Waals surface area contributed by atoms with Crippen LogP contribution in [0.1, 0.15) is 12.1 Å². The van der Waals surface area contributed by atoms with Gasteiger partial charge in [-0.15, -0.1) is 0 Å². The van der Waals surface area contributed by atoms with Crippen LogP contribution >= 0.6 is 0 Å². The SMILES string of the molecule is CO[C@@H]1CCN(Cc2cc(=O)c3cc(F)ccc3[nH]2)C1. The standard InChI is InChI=1S/C15H17FN2O2/c1-20-12-4-5-18(9-12)8-11-7-15(19)13-6-10(16)2-3-14(13)17-11/h2-3,6-7,12H,4-5,8-9H2,1H3,(H,17,19)/t12-/m1/s1. The van der Waals surface area contributed by atoms with Gasteiger partial charge in [-0.25, -0.2) is 4.39 Å². The summed E-state index contributed by atoms with van der Waals surface area (Å²) in [5.74, 6) is -0.391. The number of nitrogens with zero attached hydrogens (tertiary/aromatic N) is 1. The van der Waals surface area contributed by atoms with Gasteiger partial charge in [0.05, 0.1) is 6.10 Å². The first kappa shape index (κ1) is 13.3. The molecule has 1 aliphatic heterocycles. The van der Waals surface area contributed by atoms with E-state index in [9.17, 15) is 9.18 Å². The van der Waals surface area contributed by atoms with Gasteiger partial charge in [0.1, 0.15) is 5.82 Å². The molecule has 2 aromatic rings. The average Bonchev–Trinajstić information content (AvgIpc) is 2.87. The number of hydrogen-bond donors (Lipinski definition) is 1. The highest BCUT2D eigenvalue weighted by atomic mass is 19.1. The Hall–Kier alpha value is -1.72. The van der Waals surface area contributed by atoms with Crippen molar-refractivity contribution in [3.05, 3.63) is 46.0 Å². The maximum Gasteiger partial charge on any atom is 0.189 e. The first-order valence-electron chi connectivity index (χ1n) is 6.72. The van der Waals surface area contributed by atoms with Crippen LogP contribution in [0.5, 0.6) is 0 Å². The lowest BCUT2D eigenvalue weighted by atomic mass is 10.2. The molecule has 5 heteroatoms. The lowest BCUT2D eigenvalue weighted by molar-refractivity contribution is 0.107. The Kier molecular flexibility index (Phi) is 3.54. The van der Waals surface area contributed by atoms with Crippen molar-refractivity contribution in [1.29, 1.82) is 0 Å². The first-order chi connectivity index (χ1) is 9.65. The first-order valence-corrected chi connectivity index (χ1v) is 6.72. The highest BCUT2D eigenvalue weighted by molar-refractivity contribution is 5.78. The zero-order valence-electron chi connectivity index (χ0n) is 11.4. The fourth-order valence-corrected chi connectivity index (χ4v) is 2.73. The molecule has 1 saturated heterocycles. The van der Waals surface area contributed by atoms with Gasteiger partial charge in [0.25, 0.3) is 0 Å². The molecule has 1 aliphatic rings. The Morgan fingerprint density at radius 2 is 2.30 bits per heavy atom. The minimum absolute atomic E-state index is 0.143. The summed E-state index contributed by atoms with van der Waals surface area (Å²) in [5.41, 5.74) is 1.39. The van der Waals surface area contributed by atoms with Gasteiger partial charge < -0.3 is 9.72 Å². The molecule has 1 N–H and O–H groups in total. The monoisotopic (exact) mass is 276 g/mol. The predicted molar refractivity (Wildman–Crippen MR) is 75.2 cm³/mol. The molecule has 1 fully saturated rings. The summed E-state index contributed by atoms with van der Waals surface area (Å²) in [5, 5.41) is 0.393. The minimum atomic E-state index is -0.391. The molecule has 1 atom stereocenters. The quantitative estimate of drug-likeness (QED) is 0.931. The van der Waals surface area contributed by atoms with E-state index < -0.39 is 5.82 Å². The third-order valence-corrected chi connectivity index (χ3v) is 3.80. The molecule has 0 aliphatic carbocycles. The van der Waals surface area contributed by atoms with Gasteiger partial charge in [-0.05, 0) is 24.6 Å². The smallest absolute Gasteiger partial charge is 0.189 e. The van der Waals surface area contributed by atoms with Crippen LogP contribution in [0.25, 0.3) is 10.9 Å². The highest BCUT2D eigenvalue weighted by Gasteiger charge is 2.22. The summed E-state index contributed by atoms with van der Waals surface area (Å²) in [6.45, 7) is 2.52. The van der Waals surface area contributed by atoms with Crippen LogP contribution in [0.15, 0.2) is 29.1 Å². The van der Waals surface area contributed by atoms with E-state index in [4.69, 9.17) is 4.74 Å². The summed E-state index contributed by atoms with van der Waals surface area (Å²) >= 11 is 0. The second kappa shape index (κ2) is 5.34. The Balaban J connectivity index is 1.86. The van der Waals surface area contributed by atoms with E-state index in [1.807, 2.05) is 0 Å². The zero-order valence-corrected chi connectivity index (χ0v) is 11.4. The summed E-state index contributed by atoms with van der Waals surface area (Å²) in [4.78, 5) is 17.5. The van der Waals surface area contributed by atoms with E-state index in [0.29, 0.717) is 17.4 Å². The molecule has 0 radical (unpaired) electrons. The van der Waals surface area contributed by atoms with E-state index in [1.165, 1.54) is 12.1 Å². The van der Waals surface area contributed by atoms with Gasteiger partial charge >= 0.3 is 0 Å². The summed E-state index contributed by atoms with van der Waals surface area (Å²) < 4.78 is 18.5. The number of H-pyrrole nitrogens is 1. The van der Waals surface area contributed by atoms with Crippen LogP contribution in [0.4, 0.5) is 4.39 Å². The van der Waals surface area contributed by atoms with E-state index in [0.717, 1.165) is 25.2 Å². The Labute approximate surface area is 116 Å². The lowest BCUT2D eigenvalue weighted by Gasteiger charge is -2.15. The van der Waals surface area contributed by atoms with Crippen molar-refractivity contribution in [2.45, 2.75) is 19.1 Å². The third-order valence-electron chi connectivity index (χ3n) is 3.80. The van der Waals surface area contributed by atoms with Crippen molar-refractivity contribution in [2.24, 2.45) is 0 Å². The molecule has 106 valence electrons. The number of nitrogens with one attached hydrogen (secondary N) is 1. The van der Waals surface area contributed by atoms with Crippen molar-refractivity contribution in [1.82, 2.24) is 9.88 Å². The average molecular weight is 276 g/mol. The van der Waals surface area contributed by atoms with E-state index in [2.05, 4.69) is 9.88 Å². The molecule has 1 aromatic carbocycles. The summed E-state index contributed by atoms with van der Waals surface area (Å²) in [6, 6.07) is 5.80. The fraction of sp³-hybridized carbons (Fsp3) is 0.400. The van der Waals surface area contributed by atoms with E-state index in [-0.39, 0.29) is 11.5 Å². The van der Waals surface area contributed by atoms with Crippen LogP contribution < -0.4 is 5.43 Å². The van der Waals surface area contributed by atoms with Crippen molar-refractivity contribution in [3.8, 4) is 0 Å².